The van der Waals surface area contributed by atoms with Gasteiger partial charge in [0.2, 0.25) is 18.6 Å². The lowest BCUT2D eigenvalue weighted by Crippen LogP contribution is -2.47. The highest BCUT2D eigenvalue weighted by atomic mass is 16.7. The van der Waals surface area contributed by atoms with Crippen LogP contribution in [0.1, 0.15) is 69.5 Å². The zero-order valence-corrected chi connectivity index (χ0v) is 22.4. The van der Waals surface area contributed by atoms with Crippen LogP contribution >= 0.6 is 0 Å². The Bertz CT molecular complexity index is 1040. The van der Waals surface area contributed by atoms with Crippen molar-refractivity contribution < 1.29 is 28.2 Å². The average Bonchev–Trinajstić information content (AvgIpc) is 3.66. The molecule has 0 saturated carbocycles. The monoisotopic (exact) mass is 512 g/mol. The number of carbonyl (C=O) groups excluding carboxylic acids is 2. The lowest BCUT2D eigenvalue weighted by atomic mass is 9.97. The molecule has 1 aromatic heterocycles. The second-order valence-electron chi connectivity index (χ2n) is 10.1. The van der Waals surface area contributed by atoms with Gasteiger partial charge in [0.25, 0.3) is 0 Å². The molecule has 2 aliphatic rings. The number of rotatable bonds is 13. The topological polar surface area (TPSA) is 81.5 Å². The molecular formula is C29H40N2O6. The molecule has 4 rings (SSSR count). The molecule has 8 nitrogen and oxygen atoms in total. The highest BCUT2D eigenvalue weighted by Crippen LogP contribution is 2.33. The van der Waals surface area contributed by atoms with Crippen molar-refractivity contribution >= 4 is 11.8 Å². The zero-order chi connectivity index (χ0) is 26.2. The average molecular weight is 513 g/mol. The fourth-order valence-electron chi connectivity index (χ4n) is 4.99. The lowest BCUT2D eigenvalue weighted by molar-refractivity contribution is -0.145. The third kappa shape index (κ3) is 7.28. The largest absolute Gasteiger partial charge is 0.464 e. The summed E-state index contributed by atoms with van der Waals surface area (Å²) in [6, 6.07) is 9.50. The summed E-state index contributed by atoms with van der Waals surface area (Å²) >= 11 is 0. The number of unbranched alkanes of at least 4 members (excludes halogenated alkanes) is 1. The normalized spacial score (nSPS) is 17.1. The van der Waals surface area contributed by atoms with E-state index in [2.05, 4.69) is 13.8 Å². The lowest BCUT2D eigenvalue weighted by Gasteiger charge is -2.31. The first-order chi connectivity index (χ1) is 18.0. The Morgan fingerprint density at radius 2 is 1.89 bits per heavy atom. The summed E-state index contributed by atoms with van der Waals surface area (Å²) in [5, 5.41) is 0. The third-order valence-corrected chi connectivity index (χ3v) is 7.14. The molecule has 0 N–H and O–H groups in total. The number of carbonyl (C=O) groups is 2. The summed E-state index contributed by atoms with van der Waals surface area (Å²) in [6.07, 6.45) is 5.53. The molecule has 8 heteroatoms. The summed E-state index contributed by atoms with van der Waals surface area (Å²) in [4.78, 5) is 30.9. The van der Waals surface area contributed by atoms with Crippen molar-refractivity contribution in [3.8, 4) is 11.5 Å². The van der Waals surface area contributed by atoms with Gasteiger partial charge in [-0.15, -0.1) is 0 Å². The van der Waals surface area contributed by atoms with Crippen LogP contribution in [-0.2, 0) is 27.4 Å². The minimum absolute atomic E-state index is 0.0181. The molecule has 0 aliphatic carbocycles. The van der Waals surface area contributed by atoms with Gasteiger partial charge < -0.3 is 28.4 Å². The van der Waals surface area contributed by atoms with Gasteiger partial charge in [0.1, 0.15) is 11.5 Å². The van der Waals surface area contributed by atoms with Gasteiger partial charge in [-0.05, 0) is 62.4 Å². The zero-order valence-electron chi connectivity index (χ0n) is 22.4. The minimum Gasteiger partial charge on any atom is -0.464 e. The Labute approximate surface area is 219 Å². The maximum Gasteiger partial charge on any atom is 0.242 e. The smallest absolute Gasteiger partial charge is 0.242 e. The molecule has 2 aliphatic heterocycles. The first-order valence-electron chi connectivity index (χ1n) is 13.6. The van der Waals surface area contributed by atoms with Gasteiger partial charge in [-0.2, -0.15) is 0 Å². The predicted molar refractivity (Wildman–Crippen MR) is 139 cm³/mol. The van der Waals surface area contributed by atoms with E-state index in [-0.39, 0.29) is 37.2 Å². The van der Waals surface area contributed by atoms with Gasteiger partial charge in [-0.1, -0.05) is 32.8 Å². The summed E-state index contributed by atoms with van der Waals surface area (Å²) in [6.45, 7) is 8.13. The van der Waals surface area contributed by atoms with E-state index in [4.69, 9.17) is 18.6 Å². The second-order valence-corrected chi connectivity index (χ2v) is 10.1. The Hall–Kier alpha value is -3.00. The SMILES string of the molecule is CCCC[C@H](CC)C(=O)N(CC(=O)N(Cc1ccc2c(c1)OCO2)Cc1ccc(C)o1)C[C@@H]1CCCO1. The van der Waals surface area contributed by atoms with E-state index in [9.17, 15) is 9.59 Å². The van der Waals surface area contributed by atoms with Gasteiger partial charge in [0.15, 0.2) is 11.5 Å². The van der Waals surface area contributed by atoms with Gasteiger partial charge in [0.05, 0.1) is 19.2 Å². The van der Waals surface area contributed by atoms with E-state index in [1.54, 1.807) is 9.80 Å². The standard InChI is InChI=1S/C29H40N2O6/c1-4-6-8-23(5-2)29(33)31(17-24-9-7-14-34-24)19-28(32)30(18-25-12-10-21(3)37-25)16-22-11-13-26-27(15-22)36-20-35-26/h10-13,15,23-24H,4-9,14,16-20H2,1-3H3/t23-,24-/m0/s1. The molecule has 3 heterocycles. The van der Waals surface area contributed by atoms with Crippen LogP contribution < -0.4 is 9.47 Å². The maximum atomic E-state index is 13.8. The third-order valence-electron chi connectivity index (χ3n) is 7.14. The molecule has 0 bridgehead atoms. The van der Waals surface area contributed by atoms with Gasteiger partial charge in [-0.25, -0.2) is 0 Å². The molecule has 0 unspecified atom stereocenters. The molecule has 1 aromatic carbocycles. The van der Waals surface area contributed by atoms with Gasteiger partial charge in [-0.3, -0.25) is 9.59 Å². The van der Waals surface area contributed by atoms with E-state index in [0.717, 1.165) is 49.8 Å². The fourth-order valence-corrected chi connectivity index (χ4v) is 4.99. The Kier molecular flexibility index (Phi) is 9.50. The molecule has 1 saturated heterocycles. The summed E-state index contributed by atoms with van der Waals surface area (Å²) in [7, 11) is 0. The molecule has 202 valence electrons. The molecule has 2 aromatic rings. The second kappa shape index (κ2) is 13.0. The van der Waals surface area contributed by atoms with E-state index in [1.807, 2.05) is 37.3 Å². The van der Waals surface area contributed by atoms with Crippen LogP contribution in [0.25, 0.3) is 0 Å². The van der Waals surface area contributed by atoms with Crippen LogP contribution in [0.4, 0.5) is 0 Å². The van der Waals surface area contributed by atoms with Crippen molar-refractivity contribution in [2.45, 2.75) is 78.5 Å². The Balaban J connectivity index is 1.53. The van der Waals surface area contributed by atoms with E-state index >= 15 is 0 Å². The number of nitrogens with zero attached hydrogens (tertiary/aromatic N) is 2. The molecule has 37 heavy (non-hydrogen) atoms. The number of amides is 2. The molecule has 2 atom stereocenters. The van der Waals surface area contributed by atoms with Crippen LogP contribution in [0, 0.1) is 12.8 Å². The maximum absolute atomic E-state index is 13.8. The Morgan fingerprint density at radius 1 is 1.05 bits per heavy atom. The van der Waals surface area contributed by atoms with Gasteiger partial charge >= 0.3 is 0 Å². The van der Waals surface area contributed by atoms with Crippen molar-refractivity contribution in [3.63, 3.8) is 0 Å². The van der Waals surface area contributed by atoms with Crippen LogP contribution in [-0.4, -0.2) is 54.2 Å². The summed E-state index contributed by atoms with van der Waals surface area (Å²) in [5.74, 6) is 2.73. The molecule has 0 spiro atoms. The van der Waals surface area contributed by atoms with E-state index in [1.165, 1.54) is 0 Å². The van der Waals surface area contributed by atoms with Crippen LogP contribution in [0.2, 0.25) is 0 Å². The quantitative estimate of drug-likeness (QED) is 0.373. The first kappa shape index (κ1) is 27.0. The van der Waals surface area contributed by atoms with E-state index in [0.29, 0.717) is 43.5 Å². The number of ether oxygens (including phenoxy) is 3. The fraction of sp³-hybridized carbons (Fsp3) is 0.586. The Morgan fingerprint density at radius 3 is 2.59 bits per heavy atom. The van der Waals surface area contributed by atoms with Crippen molar-refractivity contribution in [1.29, 1.82) is 0 Å². The molecule has 1 fully saturated rings. The number of hydrogen-bond donors (Lipinski definition) is 0. The number of aryl methyl sites for hydroxylation is 1. The van der Waals surface area contributed by atoms with Crippen LogP contribution in [0.15, 0.2) is 34.7 Å². The number of hydrogen-bond acceptors (Lipinski definition) is 6. The number of furan rings is 1. The molecular weight excluding hydrogens is 472 g/mol. The predicted octanol–water partition coefficient (Wildman–Crippen LogP) is 5.07. The van der Waals surface area contributed by atoms with Crippen LogP contribution in [0.3, 0.4) is 0 Å². The summed E-state index contributed by atoms with van der Waals surface area (Å²) in [5.41, 5.74) is 0.923. The first-order valence-corrected chi connectivity index (χ1v) is 13.6. The van der Waals surface area contributed by atoms with Crippen LogP contribution in [0.5, 0.6) is 11.5 Å². The number of fused-ring (bicyclic) bond motifs is 1. The van der Waals surface area contributed by atoms with Gasteiger partial charge in [0, 0.05) is 25.6 Å². The van der Waals surface area contributed by atoms with Crippen molar-refractivity contribution in [2.24, 2.45) is 5.92 Å². The highest BCUT2D eigenvalue weighted by molar-refractivity contribution is 5.86. The van der Waals surface area contributed by atoms with Crippen molar-refractivity contribution in [1.82, 2.24) is 9.80 Å². The van der Waals surface area contributed by atoms with Crippen molar-refractivity contribution in [3.05, 3.63) is 47.4 Å². The van der Waals surface area contributed by atoms with Crippen molar-refractivity contribution in [2.75, 3.05) is 26.5 Å². The minimum atomic E-state index is -0.122. The van der Waals surface area contributed by atoms with E-state index < -0.39 is 0 Å². The summed E-state index contributed by atoms with van der Waals surface area (Å²) < 4.78 is 22.6. The highest BCUT2D eigenvalue weighted by Gasteiger charge is 2.30. The number of benzene rings is 1. The molecule has 2 amide bonds. The molecule has 0 radical (unpaired) electrons.